The number of nitrogens with zero attached hydrogens (tertiary/aromatic N) is 3. The Hall–Kier alpha value is -1.43. The van der Waals surface area contributed by atoms with Crippen molar-refractivity contribution in [1.82, 2.24) is 25.6 Å². The highest BCUT2D eigenvalue weighted by Gasteiger charge is 2.20. The van der Waals surface area contributed by atoms with Gasteiger partial charge in [-0.2, -0.15) is 0 Å². The number of carbonyl (C=O) groups is 1. The molecule has 1 aliphatic carbocycles. The van der Waals surface area contributed by atoms with E-state index in [4.69, 9.17) is 0 Å². The molecule has 1 atom stereocenters. The van der Waals surface area contributed by atoms with Crippen LogP contribution in [0, 0.1) is 5.92 Å². The largest absolute Gasteiger partial charge is 0.354 e. The molecule has 106 valence electrons. The minimum absolute atomic E-state index is 0.00996. The van der Waals surface area contributed by atoms with E-state index in [0.717, 1.165) is 31.1 Å². The van der Waals surface area contributed by atoms with E-state index in [1.165, 1.54) is 12.8 Å². The van der Waals surface area contributed by atoms with Crippen LogP contribution in [0.4, 0.5) is 0 Å². The van der Waals surface area contributed by atoms with Crippen LogP contribution in [-0.4, -0.2) is 34.0 Å². The lowest BCUT2D eigenvalue weighted by Crippen LogP contribution is -2.31. The van der Waals surface area contributed by atoms with Gasteiger partial charge in [-0.15, -0.1) is 5.10 Å². The Morgan fingerprint density at radius 3 is 3.05 bits per heavy atom. The Morgan fingerprint density at radius 2 is 2.37 bits per heavy atom. The summed E-state index contributed by atoms with van der Waals surface area (Å²) in [7, 11) is 0. The quantitative estimate of drug-likeness (QED) is 0.731. The Bertz CT molecular complexity index is 413. The Balaban J connectivity index is 1.79. The molecule has 1 aromatic rings. The minimum atomic E-state index is -0.309. The zero-order valence-electron chi connectivity index (χ0n) is 11.7. The van der Waals surface area contributed by atoms with Gasteiger partial charge in [0.2, 0.25) is 5.91 Å². The topological polar surface area (TPSA) is 71.8 Å². The second-order valence-electron chi connectivity index (χ2n) is 5.23. The molecule has 1 heterocycles. The normalized spacial score (nSPS) is 16.3. The smallest absolute Gasteiger partial charge is 0.244 e. The van der Waals surface area contributed by atoms with Crippen LogP contribution in [-0.2, 0) is 11.3 Å². The number of aromatic nitrogens is 3. The van der Waals surface area contributed by atoms with E-state index in [1.54, 1.807) is 4.68 Å². The summed E-state index contributed by atoms with van der Waals surface area (Å²) in [6.45, 7) is 6.35. The van der Waals surface area contributed by atoms with Crippen molar-refractivity contribution in [2.75, 3.05) is 13.1 Å². The van der Waals surface area contributed by atoms with Crippen molar-refractivity contribution in [3.8, 4) is 0 Å². The molecule has 6 nitrogen and oxygen atoms in total. The van der Waals surface area contributed by atoms with Gasteiger partial charge in [0.1, 0.15) is 6.04 Å². The highest BCUT2D eigenvalue weighted by Crippen LogP contribution is 2.27. The van der Waals surface area contributed by atoms with Crippen molar-refractivity contribution < 1.29 is 4.79 Å². The number of hydrogen-bond acceptors (Lipinski definition) is 4. The van der Waals surface area contributed by atoms with Crippen LogP contribution < -0.4 is 10.6 Å². The molecule has 0 bridgehead atoms. The molecular weight excluding hydrogens is 242 g/mol. The Morgan fingerprint density at radius 1 is 1.58 bits per heavy atom. The summed E-state index contributed by atoms with van der Waals surface area (Å²) in [6, 6.07) is -0.309. The van der Waals surface area contributed by atoms with Crippen LogP contribution >= 0.6 is 0 Å². The summed E-state index contributed by atoms with van der Waals surface area (Å²) < 4.78 is 1.62. The third-order valence-electron chi connectivity index (χ3n) is 3.32. The van der Waals surface area contributed by atoms with Gasteiger partial charge in [-0.1, -0.05) is 12.1 Å². The van der Waals surface area contributed by atoms with E-state index < -0.39 is 0 Å². The first-order valence-electron chi connectivity index (χ1n) is 7.09. The Labute approximate surface area is 113 Å². The molecule has 1 unspecified atom stereocenters. The molecular formula is C13H23N5O. The minimum Gasteiger partial charge on any atom is -0.354 e. The molecule has 0 radical (unpaired) electrons. The summed E-state index contributed by atoms with van der Waals surface area (Å²) in [5.41, 5.74) is 0.885. The lowest BCUT2D eigenvalue weighted by molar-refractivity contribution is -0.124. The van der Waals surface area contributed by atoms with Crippen LogP contribution in [0.3, 0.4) is 0 Å². The predicted molar refractivity (Wildman–Crippen MR) is 72.5 cm³/mol. The average Bonchev–Trinajstić information content (AvgIpc) is 3.11. The number of nitrogens with one attached hydrogen (secondary N) is 2. The fourth-order valence-corrected chi connectivity index (χ4v) is 1.83. The van der Waals surface area contributed by atoms with E-state index in [2.05, 4.69) is 20.9 Å². The van der Waals surface area contributed by atoms with Gasteiger partial charge in [0.15, 0.2) is 0 Å². The summed E-state index contributed by atoms with van der Waals surface area (Å²) in [5.74, 6) is 0.845. The molecule has 1 amide bonds. The first-order valence-corrected chi connectivity index (χ1v) is 7.09. The first kappa shape index (κ1) is 14.0. The van der Waals surface area contributed by atoms with Crippen molar-refractivity contribution >= 4 is 5.91 Å². The van der Waals surface area contributed by atoms with Gasteiger partial charge in [0.05, 0.1) is 11.9 Å². The van der Waals surface area contributed by atoms with Crippen LogP contribution in [0.5, 0.6) is 0 Å². The van der Waals surface area contributed by atoms with Gasteiger partial charge in [-0.25, -0.2) is 4.68 Å². The van der Waals surface area contributed by atoms with Crippen molar-refractivity contribution in [3.63, 3.8) is 0 Å². The lowest BCUT2D eigenvalue weighted by Gasteiger charge is -2.10. The number of rotatable bonds is 8. The van der Waals surface area contributed by atoms with Gasteiger partial charge in [-0.05, 0) is 38.6 Å². The SMILES string of the molecule is CCCNC(=O)C(C)n1cc(CNCC2CC2)nn1. The lowest BCUT2D eigenvalue weighted by atomic mass is 10.3. The second-order valence-corrected chi connectivity index (χ2v) is 5.23. The fourth-order valence-electron chi connectivity index (χ4n) is 1.83. The Kier molecular flexibility index (Phi) is 4.90. The number of hydrogen-bond donors (Lipinski definition) is 2. The molecule has 19 heavy (non-hydrogen) atoms. The third kappa shape index (κ3) is 4.31. The van der Waals surface area contributed by atoms with E-state index >= 15 is 0 Å². The number of carbonyl (C=O) groups excluding carboxylic acids is 1. The highest BCUT2D eigenvalue weighted by molar-refractivity contribution is 5.79. The van der Waals surface area contributed by atoms with E-state index in [-0.39, 0.29) is 11.9 Å². The van der Waals surface area contributed by atoms with E-state index in [0.29, 0.717) is 6.54 Å². The van der Waals surface area contributed by atoms with Crippen LogP contribution in [0.1, 0.15) is 44.8 Å². The number of amides is 1. The molecule has 0 saturated heterocycles. The van der Waals surface area contributed by atoms with Crippen molar-refractivity contribution in [3.05, 3.63) is 11.9 Å². The van der Waals surface area contributed by atoms with Gasteiger partial charge < -0.3 is 10.6 Å². The maximum absolute atomic E-state index is 11.8. The molecule has 2 N–H and O–H groups in total. The van der Waals surface area contributed by atoms with Gasteiger partial charge in [0.25, 0.3) is 0 Å². The predicted octanol–water partition coefficient (Wildman–Crippen LogP) is 0.865. The third-order valence-corrected chi connectivity index (χ3v) is 3.32. The molecule has 2 rings (SSSR count). The highest BCUT2D eigenvalue weighted by atomic mass is 16.2. The van der Waals surface area contributed by atoms with Gasteiger partial charge in [-0.3, -0.25) is 4.79 Å². The molecule has 1 saturated carbocycles. The van der Waals surface area contributed by atoms with Crippen molar-refractivity contribution in [1.29, 1.82) is 0 Å². The molecule has 0 spiro atoms. The second kappa shape index (κ2) is 6.65. The van der Waals surface area contributed by atoms with Crippen molar-refractivity contribution in [2.24, 2.45) is 5.92 Å². The summed E-state index contributed by atoms with van der Waals surface area (Å²) in [6.07, 6.45) is 5.46. The van der Waals surface area contributed by atoms with E-state index in [9.17, 15) is 4.79 Å². The summed E-state index contributed by atoms with van der Waals surface area (Å²) in [5, 5.41) is 14.3. The standard InChI is InChI=1S/C13H23N5O/c1-3-6-15-13(19)10(2)18-9-12(16-17-18)8-14-7-11-4-5-11/h9-11,14H,3-8H2,1-2H3,(H,15,19). The van der Waals surface area contributed by atoms with Crippen LogP contribution in [0.15, 0.2) is 6.20 Å². The maximum Gasteiger partial charge on any atom is 0.244 e. The fraction of sp³-hybridized carbons (Fsp3) is 0.769. The average molecular weight is 265 g/mol. The van der Waals surface area contributed by atoms with Gasteiger partial charge >= 0.3 is 0 Å². The van der Waals surface area contributed by atoms with Crippen LogP contribution in [0.25, 0.3) is 0 Å². The molecule has 1 aromatic heterocycles. The zero-order valence-corrected chi connectivity index (χ0v) is 11.7. The first-order chi connectivity index (χ1) is 9.20. The van der Waals surface area contributed by atoms with Crippen LogP contribution in [0.2, 0.25) is 0 Å². The molecule has 0 aliphatic heterocycles. The molecule has 6 heteroatoms. The molecule has 1 fully saturated rings. The monoisotopic (exact) mass is 265 g/mol. The summed E-state index contributed by atoms with van der Waals surface area (Å²) in [4.78, 5) is 11.8. The molecule has 1 aliphatic rings. The molecule has 0 aromatic carbocycles. The van der Waals surface area contributed by atoms with Crippen molar-refractivity contribution in [2.45, 2.75) is 45.7 Å². The summed E-state index contributed by atoms with van der Waals surface area (Å²) >= 11 is 0. The maximum atomic E-state index is 11.8. The zero-order chi connectivity index (χ0) is 13.7. The van der Waals surface area contributed by atoms with Gasteiger partial charge in [0, 0.05) is 13.1 Å². The van der Waals surface area contributed by atoms with E-state index in [1.807, 2.05) is 20.0 Å².